The third-order valence-electron chi connectivity index (χ3n) is 12.2. The van der Waals surface area contributed by atoms with Crippen LogP contribution >= 0.6 is 0 Å². The molecule has 1 fully saturated rings. The lowest BCUT2D eigenvalue weighted by Crippen LogP contribution is -2.46. The number of hydrogen-bond donors (Lipinski definition) is 1. The van der Waals surface area contributed by atoms with E-state index < -0.39 is 50.1 Å². The Balaban J connectivity index is 1.42. The number of sulfonamides is 5. The summed E-state index contributed by atoms with van der Waals surface area (Å²) >= 11 is 0. The smallest absolute Gasteiger partial charge is 0.243 e. The van der Waals surface area contributed by atoms with Crippen molar-refractivity contribution < 1.29 is 42.1 Å². The number of benzene rings is 5. The molecule has 0 atom stereocenters. The molecular formula is C49H64N6O10S5. The van der Waals surface area contributed by atoms with E-state index in [1.54, 1.807) is 60.7 Å². The van der Waals surface area contributed by atoms with E-state index in [1.165, 1.54) is 82.2 Å². The molecule has 21 heteroatoms. The molecule has 0 spiro atoms. The molecule has 1 aliphatic rings. The predicted octanol–water partition coefficient (Wildman–Crippen LogP) is 5.37. The summed E-state index contributed by atoms with van der Waals surface area (Å²) < 4.78 is 150. The van der Waals surface area contributed by atoms with Crippen molar-refractivity contribution in [3.8, 4) is 0 Å². The molecule has 0 amide bonds. The highest BCUT2D eigenvalue weighted by atomic mass is 32.2. The van der Waals surface area contributed by atoms with Crippen LogP contribution in [-0.4, -0.2) is 142 Å². The molecule has 1 saturated heterocycles. The van der Waals surface area contributed by atoms with Crippen LogP contribution < -0.4 is 5.32 Å². The molecule has 5 aromatic carbocycles. The molecule has 0 unspecified atom stereocenters. The van der Waals surface area contributed by atoms with E-state index >= 15 is 0 Å². The minimum absolute atomic E-state index is 0.00189. The fraction of sp³-hybridized carbons (Fsp3) is 0.388. The van der Waals surface area contributed by atoms with Crippen LogP contribution in [0.25, 0.3) is 0 Å². The highest BCUT2D eigenvalue weighted by Crippen LogP contribution is 2.24. The Morgan fingerprint density at radius 3 is 0.643 bits per heavy atom. The standard InChI is InChI=1S/C49H64N6O10S5/c1-40-8-18-45(19-9-40)66(56,57)51-30-6-32-52(67(58,59)46-20-10-41(2)11-21-46)36-38-54(69(62,63)48-24-14-43(4)15-25-48)34-28-50-29-35-55(70(64,65)49-26-16-44(5)17-27-49)39-37-53(33-7-31-51)68(60,61)47-22-12-42(3)13-23-47/h8-27,50H,6-7,28-39H2,1-5H3. The highest BCUT2D eigenvalue weighted by molar-refractivity contribution is 7.90. The lowest BCUT2D eigenvalue weighted by atomic mass is 10.2. The molecule has 70 heavy (non-hydrogen) atoms. The number of nitrogens with one attached hydrogen (secondary N) is 1. The van der Waals surface area contributed by atoms with Gasteiger partial charge in [0, 0.05) is 78.5 Å². The minimum Gasteiger partial charge on any atom is -0.314 e. The van der Waals surface area contributed by atoms with Gasteiger partial charge in [-0.1, -0.05) is 88.5 Å². The Bertz CT molecular complexity index is 2930. The summed E-state index contributed by atoms with van der Waals surface area (Å²) in [5, 5.41) is 3.18. The first-order valence-corrected chi connectivity index (χ1v) is 30.3. The molecule has 0 aromatic heterocycles. The van der Waals surface area contributed by atoms with Gasteiger partial charge in [0.2, 0.25) is 50.1 Å². The number of hydrogen-bond acceptors (Lipinski definition) is 11. The van der Waals surface area contributed by atoms with Crippen molar-refractivity contribution in [3.63, 3.8) is 0 Å². The van der Waals surface area contributed by atoms with Crippen molar-refractivity contribution in [2.75, 3.05) is 78.5 Å². The number of rotatable bonds is 10. The molecule has 1 heterocycles. The fourth-order valence-corrected chi connectivity index (χ4v) is 15.2. The summed E-state index contributed by atoms with van der Waals surface area (Å²) in [5.41, 5.74) is 4.15. The van der Waals surface area contributed by atoms with E-state index in [0.29, 0.717) is 0 Å². The monoisotopic (exact) mass is 1060 g/mol. The normalized spacial score (nSPS) is 17.8. The Labute approximate surface area is 416 Å². The van der Waals surface area contributed by atoms with Crippen molar-refractivity contribution in [2.24, 2.45) is 0 Å². The third-order valence-corrected chi connectivity index (χ3v) is 21.8. The molecule has 0 radical (unpaired) electrons. The van der Waals surface area contributed by atoms with Crippen molar-refractivity contribution in [2.45, 2.75) is 71.9 Å². The maximum absolute atomic E-state index is 14.5. The summed E-state index contributed by atoms with van der Waals surface area (Å²) in [6.45, 7) is 7.04. The lowest BCUT2D eigenvalue weighted by molar-refractivity contribution is 0.306. The Kier molecular flexibility index (Phi) is 18.4. The van der Waals surface area contributed by atoms with E-state index in [9.17, 15) is 42.1 Å². The van der Waals surface area contributed by atoms with Crippen molar-refractivity contribution >= 4 is 50.1 Å². The van der Waals surface area contributed by atoms with Gasteiger partial charge in [0.05, 0.1) is 24.5 Å². The van der Waals surface area contributed by atoms with Crippen LogP contribution in [0.15, 0.2) is 146 Å². The van der Waals surface area contributed by atoms with Gasteiger partial charge in [-0.15, -0.1) is 0 Å². The van der Waals surface area contributed by atoms with Crippen molar-refractivity contribution in [1.82, 2.24) is 26.8 Å². The molecule has 16 nitrogen and oxygen atoms in total. The van der Waals surface area contributed by atoms with Crippen LogP contribution in [0, 0.1) is 34.6 Å². The number of aryl methyl sites for hydroxylation is 5. The van der Waals surface area contributed by atoms with Gasteiger partial charge >= 0.3 is 0 Å². The Hall–Kier alpha value is -4.39. The zero-order valence-corrected chi connectivity index (χ0v) is 44.4. The lowest BCUT2D eigenvalue weighted by Gasteiger charge is -2.30. The predicted molar refractivity (Wildman–Crippen MR) is 272 cm³/mol. The minimum atomic E-state index is -4.27. The maximum atomic E-state index is 14.5. The average Bonchev–Trinajstić information content (AvgIpc) is 3.31. The fourth-order valence-electron chi connectivity index (χ4n) is 7.88. The summed E-state index contributed by atoms with van der Waals surface area (Å²) in [4.78, 5) is -0.0584. The van der Waals surface area contributed by atoms with E-state index in [4.69, 9.17) is 0 Å². The second-order valence-electron chi connectivity index (χ2n) is 17.5. The Morgan fingerprint density at radius 1 is 0.271 bits per heavy atom. The first kappa shape index (κ1) is 54.9. The van der Waals surface area contributed by atoms with Gasteiger partial charge < -0.3 is 5.32 Å². The molecule has 6 rings (SSSR count). The first-order chi connectivity index (χ1) is 33.0. The molecular weight excluding hydrogens is 993 g/mol. The summed E-state index contributed by atoms with van der Waals surface area (Å²) in [6.07, 6.45) is -0.0285. The van der Waals surface area contributed by atoms with Crippen LogP contribution in [-0.2, 0) is 50.1 Å². The molecule has 1 N–H and O–H groups in total. The second-order valence-corrected chi connectivity index (χ2v) is 27.2. The van der Waals surface area contributed by atoms with Crippen LogP contribution in [0.3, 0.4) is 0 Å². The SMILES string of the molecule is Cc1ccc(S(=O)(=O)N2CCCN(S(=O)(=O)c3ccc(C)cc3)CCN(S(=O)(=O)c3ccc(C)cc3)CCNCCN(S(=O)(=O)c3ccc(C)cc3)CCN(S(=O)(=O)c3ccc(C)cc3)CCC2)cc1. The zero-order chi connectivity index (χ0) is 50.9. The molecule has 5 aromatic rings. The van der Waals surface area contributed by atoms with Crippen molar-refractivity contribution in [1.29, 1.82) is 0 Å². The van der Waals surface area contributed by atoms with Crippen molar-refractivity contribution in [3.05, 3.63) is 149 Å². The number of nitrogens with zero attached hydrogens (tertiary/aromatic N) is 5. The zero-order valence-electron chi connectivity index (χ0n) is 40.3. The van der Waals surface area contributed by atoms with Gasteiger partial charge in [-0.2, -0.15) is 21.5 Å². The molecule has 1 aliphatic heterocycles. The first-order valence-electron chi connectivity index (χ1n) is 23.1. The van der Waals surface area contributed by atoms with E-state index in [0.717, 1.165) is 27.8 Å². The van der Waals surface area contributed by atoms with E-state index in [1.807, 2.05) is 34.6 Å². The van der Waals surface area contributed by atoms with E-state index in [2.05, 4.69) is 5.32 Å². The second kappa shape index (κ2) is 23.4. The maximum Gasteiger partial charge on any atom is 0.243 e. The van der Waals surface area contributed by atoms with Gasteiger partial charge in [-0.3, -0.25) is 0 Å². The summed E-state index contributed by atoms with van der Waals surface area (Å²) in [6, 6.07) is 31.4. The van der Waals surface area contributed by atoms with Crippen LogP contribution in [0.4, 0.5) is 0 Å². The summed E-state index contributed by atoms with van der Waals surface area (Å²) in [5.74, 6) is 0. The van der Waals surface area contributed by atoms with Crippen LogP contribution in [0.2, 0.25) is 0 Å². The van der Waals surface area contributed by atoms with Gasteiger partial charge in [-0.25, -0.2) is 42.1 Å². The Morgan fingerprint density at radius 2 is 0.443 bits per heavy atom. The molecule has 0 aliphatic carbocycles. The van der Waals surface area contributed by atoms with Gasteiger partial charge in [-0.05, 0) is 108 Å². The van der Waals surface area contributed by atoms with Gasteiger partial charge in [0.15, 0.2) is 0 Å². The largest absolute Gasteiger partial charge is 0.314 e. The topological polar surface area (TPSA) is 199 Å². The average molecular weight is 1060 g/mol. The van der Waals surface area contributed by atoms with Crippen LogP contribution in [0.5, 0.6) is 0 Å². The summed E-state index contributed by atoms with van der Waals surface area (Å²) in [7, 11) is -21.2. The molecule has 0 bridgehead atoms. The van der Waals surface area contributed by atoms with Gasteiger partial charge in [0.25, 0.3) is 0 Å². The molecule has 380 valence electrons. The molecule has 0 saturated carbocycles. The highest BCUT2D eigenvalue weighted by Gasteiger charge is 2.33. The van der Waals surface area contributed by atoms with E-state index in [-0.39, 0.29) is 116 Å². The van der Waals surface area contributed by atoms with Gasteiger partial charge in [0.1, 0.15) is 0 Å². The quantitative estimate of drug-likeness (QED) is 0.189. The van der Waals surface area contributed by atoms with Crippen LogP contribution in [0.1, 0.15) is 40.7 Å². The third kappa shape index (κ3) is 13.6.